The predicted octanol–water partition coefficient (Wildman–Crippen LogP) is 2.45. The molecule has 7 nitrogen and oxygen atoms in total. The van der Waals surface area contributed by atoms with Gasteiger partial charge in [-0.15, -0.1) is 0 Å². The van der Waals surface area contributed by atoms with Crippen molar-refractivity contribution in [2.24, 2.45) is 5.92 Å². The van der Waals surface area contributed by atoms with Gasteiger partial charge in [0.15, 0.2) is 0 Å². The lowest BCUT2D eigenvalue weighted by Crippen LogP contribution is -2.42. The molecular weight excluding hydrogens is 404 g/mol. The van der Waals surface area contributed by atoms with Crippen LogP contribution in [0.15, 0.2) is 35.1 Å². The predicted molar refractivity (Wildman–Crippen MR) is 120 cm³/mol. The molecule has 0 radical (unpaired) electrons. The van der Waals surface area contributed by atoms with Crippen molar-refractivity contribution in [2.75, 3.05) is 6.54 Å². The van der Waals surface area contributed by atoms with Crippen molar-refractivity contribution < 1.29 is 9.59 Å². The average Bonchev–Trinajstić information content (AvgIpc) is 3.11. The lowest BCUT2D eigenvalue weighted by molar-refractivity contribution is -0.122. The van der Waals surface area contributed by atoms with Crippen LogP contribution in [0.25, 0.3) is 0 Å². The summed E-state index contributed by atoms with van der Waals surface area (Å²) in [5.74, 6) is 0.453. The fraction of sp³-hybridized carbons (Fsp3) is 0.520. The molecule has 2 amide bonds. The van der Waals surface area contributed by atoms with Crippen LogP contribution in [0.5, 0.6) is 0 Å². The molecule has 32 heavy (non-hydrogen) atoms. The van der Waals surface area contributed by atoms with Crippen molar-refractivity contribution in [1.29, 1.82) is 0 Å². The van der Waals surface area contributed by atoms with Crippen LogP contribution < -0.4 is 10.9 Å². The van der Waals surface area contributed by atoms with Crippen LogP contribution in [0.3, 0.4) is 0 Å². The van der Waals surface area contributed by atoms with E-state index in [1.54, 1.807) is 6.07 Å². The Morgan fingerprint density at radius 2 is 1.81 bits per heavy atom. The molecule has 0 bridgehead atoms. The molecule has 168 valence electrons. The second-order valence-electron chi connectivity index (χ2n) is 9.45. The fourth-order valence-corrected chi connectivity index (χ4v) is 5.39. The van der Waals surface area contributed by atoms with Crippen molar-refractivity contribution in [1.82, 2.24) is 20.0 Å². The zero-order valence-electron chi connectivity index (χ0n) is 18.4. The molecule has 2 aliphatic carbocycles. The number of nitrogens with zero attached hydrogens (tertiary/aromatic N) is 3. The number of hydrogen-bond donors (Lipinski definition) is 1. The highest BCUT2D eigenvalue weighted by molar-refractivity contribution is 5.98. The van der Waals surface area contributed by atoms with Gasteiger partial charge in [0.25, 0.3) is 11.5 Å². The minimum Gasteiger partial charge on any atom is -0.352 e. The molecule has 0 unspecified atom stereocenters. The Labute approximate surface area is 187 Å². The molecule has 0 saturated heterocycles. The molecule has 3 aliphatic rings. The molecule has 1 fully saturated rings. The number of fused-ring (bicyclic) bond motifs is 2. The third-order valence-corrected chi connectivity index (χ3v) is 7.15. The smallest absolute Gasteiger partial charge is 0.267 e. The van der Waals surface area contributed by atoms with E-state index in [4.69, 9.17) is 0 Å². The third-order valence-electron chi connectivity index (χ3n) is 7.15. The normalized spacial score (nSPS) is 22.4. The van der Waals surface area contributed by atoms with Gasteiger partial charge in [0.2, 0.25) is 5.91 Å². The minimum atomic E-state index is -0.194. The average molecular weight is 435 g/mol. The topological polar surface area (TPSA) is 84.3 Å². The molecule has 1 aromatic heterocycles. The van der Waals surface area contributed by atoms with E-state index in [1.807, 2.05) is 29.2 Å². The van der Waals surface area contributed by atoms with Crippen LogP contribution in [0.1, 0.15) is 65.7 Å². The molecule has 1 aliphatic heterocycles. The van der Waals surface area contributed by atoms with Crippen LogP contribution in [0, 0.1) is 5.92 Å². The molecule has 7 heteroatoms. The van der Waals surface area contributed by atoms with Gasteiger partial charge in [0.05, 0.1) is 5.69 Å². The largest absolute Gasteiger partial charge is 0.352 e. The highest BCUT2D eigenvalue weighted by atomic mass is 16.2. The van der Waals surface area contributed by atoms with E-state index in [0.717, 1.165) is 80.3 Å². The quantitative estimate of drug-likeness (QED) is 0.784. The maximum Gasteiger partial charge on any atom is 0.267 e. The molecule has 5 rings (SSSR count). The van der Waals surface area contributed by atoms with Gasteiger partial charge in [0, 0.05) is 30.8 Å². The van der Waals surface area contributed by atoms with E-state index in [0.29, 0.717) is 12.5 Å². The number of rotatable bonds is 5. The lowest BCUT2D eigenvalue weighted by atomic mass is 9.85. The Kier molecular flexibility index (Phi) is 5.81. The van der Waals surface area contributed by atoms with E-state index < -0.39 is 0 Å². The number of hydrogen-bond acceptors (Lipinski definition) is 4. The monoisotopic (exact) mass is 434 g/mol. The van der Waals surface area contributed by atoms with E-state index in [-0.39, 0.29) is 30.0 Å². The van der Waals surface area contributed by atoms with Crippen LogP contribution >= 0.6 is 0 Å². The summed E-state index contributed by atoms with van der Waals surface area (Å²) in [6, 6.07) is 9.62. The van der Waals surface area contributed by atoms with E-state index >= 15 is 0 Å². The lowest BCUT2D eigenvalue weighted by Gasteiger charge is -2.31. The summed E-state index contributed by atoms with van der Waals surface area (Å²) >= 11 is 0. The van der Waals surface area contributed by atoms with Gasteiger partial charge in [-0.3, -0.25) is 14.4 Å². The Balaban J connectivity index is 1.11. The van der Waals surface area contributed by atoms with Crippen molar-refractivity contribution >= 4 is 11.8 Å². The van der Waals surface area contributed by atoms with Crippen molar-refractivity contribution in [2.45, 2.75) is 70.5 Å². The van der Waals surface area contributed by atoms with Crippen LogP contribution in [-0.2, 0) is 30.7 Å². The number of amides is 2. The van der Waals surface area contributed by atoms with Gasteiger partial charge >= 0.3 is 0 Å². The zero-order chi connectivity index (χ0) is 22.1. The highest BCUT2D eigenvalue weighted by Gasteiger charge is 2.30. The zero-order valence-corrected chi connectivity index (χ0v) is 18.4. The second kappa shape index (κ2) is 8.88. The number of carbonyl (C=O) groups is 2. The summed E-state index contributed by atoms with van der Waals surface area (Å²) in [6.45, 7) is 1.46. The number of nitrogens with one attached hydrogen (secondary N) is 1. The molecule has 1 saturated carbocycles. The van der Waals surface area contributed by atoms with Crippen LogP contribution in [0.2, 0.25) is 0 Å². The molecule has 2 aromatic rings. The Hall–Kier alpha value is -2.96. The molecule has 1 N–H and O–H groups in total. The molecule has 2 heterocycles. The summed E-state index contributed by atoms with van der Waals surface area (Å²) < 4.78 is 1.31. The standard InChI is InChI=1S/C25H30N4O3/c30-23(16-29-24(31)13-18-5-2-4-8-22(18)27-29)26-20-11-9-17(10-12-20)14-28-15-19-6-1-3-7-21(19)25(28)32/h1,3,6-7,13,17,20H,2,4-5,8-12,14-16H2,(H,26,30). The first kappa shape index (κ1) is 20.9. The van der Waals surface area contributed by atoms with Crippen LogP contribution in [0.4, 0.5) is 0 Å². The van der Waals surface area contributed by atoms with E-state index in [1.165, 1.54) is 4.68 Å². The Morgan fingerprint density at radius 3 is 2.62 bits per heavy atom. The summed E-state index contributed by atoms with van der Waals surface area (Å²) in [5, 5.41) is 7.54. The molecule has 1 aromatic carbocycles. The number of benzene rings is 1. The number of aryl methyl sites for hydroxylation is 2. The molecular formula is C25H30N4O3. The van der Waals surface area contributed by atoms with Gasteiger partial charge in [0.1, 0.15) is 6.54 Å². The van der Waals surface area contributed by atoms with Crippen molar-refractivity contribution in [3.05, 3.63) is 63.1 Å². The van der Waals surface area contributed by atoms with Crippen molar-refractivity contribution in [3.63, 3.8) is 0 Å². The maximum atomic E-state index is 12.6. The first-order valence-electron chi connectivity index (χ1n) is 11.8. The van der Waals surface area contributed by atoms with Gasteiger partial charge < -0.3 is 10.2 Å². The van der Waals surface area contributed by atoms with E-state index in [9.17, 15) is 14.4 Å². The van der Waals surface area contributed by atoms with Gasteiger partial charge in [-0.25, -0.2) is 4.68 Å². The maximum absolute atomic E-state index is 12.6. The van der Waals surface area contributed by atoms with E-state index in [2.05, 4.69) is 10.4 Å². The highest BCUT2D eigenvalue weighted by Crippen LogP contribution is 2.29. The summed E-state index contributed by atoms with van der Waals surface area (Å²) in [4.78, 5) is 39.5. The minimum absolute atomic E-state index is 0.0212. The summed E-state index contributed by atoms with van der Waals surface area (Å²) in [5.41, 5.74) is 3.75. The Morgan fingerprint density at radius 1 is 1.03 bits per heavy atom. The van der Waals surface area contributed by atoms with Crippen molar-refractivity contribution in [3.8, 4) is 0 Å². The van der Waals surface area contributed by atoms with Gasteiger partial charge in [-0.05, 0) is 74.5 Å². The number of aromatic nitrogens is 2. The van der Waals surface area contributed by atoms with Crippen LogP contribution in [-0.4, -0.2) is 39.1 Å². The summed E-state index contributed by atoms with van der Waals surface area (Å²) in [7, 11) is 0. The third kappa shape index (κ3) is 4.33. The fourth-order valence-electron chi connectivity index (χ4n) is 5.39. The van der Waals surface area contributed by atoms with Gasteiger partial charge in [-0.2, -0.15) is 5.10 Å². The summed E-state index contributed by atoms with van der Waals surface area (Å²) in [6.07, 6.45) is 7.75. The SMILES string of the molecule is O=C(Cn1nc2c(cc1=O)CCCC2)NC1CCC(CN2Cc3ccccc3C2=O)CC1. The molecule has 0 atom stereocenters. The Bertz CT molecular complexity index is 1080. The molecule has 0 spiro atoms. The first-order chi connectivity index (χ1) is 15.6. The van der Waals surface area contributed by atoms with Gasteiger partial charge in [-0.1, -0.05) is 18.2 Å². The first-order valence-corrected chi connectivity index (χ1v) is 11.8. The number of carbonyl (C=O) groups excluding carboxylic acids is 2. The second-order valence-corrected chi connectivity index (χ2v) is 9.45.